The van der Waals surface area contributed by atoms with Crippen molar-refractivity contribution in [3.8, 4) is 5.75 Å². The maximum Gasteiger partial charge on any atom is 0.258 e. The van der Waals surface area contributed by atoms with Crippen LogP contribution in [0.15, 0.2) is 29.2 Å². The summed E-state index contributed by atoms with van der Waals surface area (Å²) in [7, 11) is -3.50. The third kappa shape index (κ3) is 6.48. The summed E-state index contributed by atoms with van der Waals surface area (Å²) >= 11 is 0. The average Bonchev–Trinajstić information content (AvgIpc) is 3.15. The molecule has 0 heterocycles. The van der Waals surface area contributed by atoms with Crippen molar-refractivity contribution in [3.63, 3.8) is 0 Å². The predicted octanol–water partition coefficient (Wildman–Crippen LogP) is 3.52. The largest absolute Gasteiger partial charge is 0.484 e. The second-order valence-electron chi connectivity index (χ2n) is 7.97. The molecule has 0 bridgehead atoms. The van der Waals surface area contributed by atoms with E-state index in [-0.39, 0.29) is 29.5 Å². The van der Waals surface area contributed by atoms with Crippen LogP contribution in [0, 0.1) is 0 Å². The van der Waals surface area contributed by atoms with Gasteiger partial charge in [0.2, 0.25) is 10.0 Å². The van der Waals surface area contributed by atoms with Crippen molar-refractivity contribution < 1.29 is 17.9 Å². The molecule has 6 nitrogen and oxygen atoms in total. The molecule has 2 N–H and O–H groups in total. The maximum absolute atomic E-state index is 12.4. The predicted molar refractivity (Wildman–Crippen MR) is 109 cm³/mol. The molecule has 3 rings (SSSR count). The van der Waals surface area contributed by atoms with Gasteiger partial charge in [0.15, 0.2) is 6.61 Å². The summed E-state index contributed by atoms with van der Waals surface area (Å²) in [5.74, 6) is 0.373. The minimum atomic E-state index is -3.50. The van der Waals surface area contributed by atoms with E-state index in [4.69, 9.17) is 4.74 Å². The first-order valence-electron chi connectivity index (χ1n) is 10.6. The summed E-state index contributed by atoms with van der Waals surface area (Å²) in [6.45, 7) is -0.0527. The molecule has 0 unspecified atom stereocenters. The second-order valence-corrected chi connectivity index (χ2v) is 9.69. The van der Waals surface area contributed by atoms with Crippen molar-refractivity contribution in [1.29, 1.82) is 0 Å². The number of rotatable bonds is 7. The van der Waals surface area contributed by atoms with Crippen molar-refractivity contribution in [1.82, 2.24) is 10.0 Å². The van der Waals surface area contributed by atoms with Crippen LogP contribution in [-0.2, 0) is 14.8 Å². The van der Waals surface area contributed by atoms with Gasteiger partial charge in [0.05, 0.1) is 4.90 Å². The molecule has 0 radical (unpaired) electrons. The minimum Gasteiger partial charge on any atom is -0.484 e. The van der Waals surface area contributed by atoms with Crippen LogP contribution in [0.3, 0.4) is 0 Å². The molecule has 0 spiro atoms. The third-order valence-corrected chi connectivity index (χ3v) is 7.19. The Balaban J connectivity index is 1.46. The van der Waals surface area contributed by atoms with Crippen LogP contribution in [0.4, 0.5) is 0 Å². The molecular formula is C21H32N2O4S. The van der Waals surface area contributed by atoms with E-state index in [1.165, 1.54) is 31.4 Å². The normalized spacial score (nSPS) is 19.7. The Hall–Kier alpha value is -1.60. The van der Waals surface area contributed by atoms with Gasteiger partial charge >= 0.3 is 0 Å². The third-order valence-electron chi connectivity index (χ3n) is 5.65. The lowest BCUT2D eigenvalue weighted by atomic mass is 9.97. The minimum absolute atomic E-state index is 0.0397. The van der Waals surface area contributed by atoms with Gasteiger partial charge < -0.3 is 10.1 Å². The number of carbonyl (C=O) groups is 1. The van der Waals surface area contributed by atoms with Crippen LogP contribution in [0.1, 0.15) is 70.6 Å². The standard InChI is InChI=1S/C21H32N2O4S/c24-21(22-17-8-4-2-1-3-5-9-17)16-27-19-12-14-20(15-13-19)28(25,26)23-18-10-6-7-11-18/h12-15,17-18,23H,1-11,16H2,(H,22,24). The highest BCUT2D eigenvalue weighted by atomic mass is 32.2. The molecule has 28 heavy (non-hydrogen) atoms. The van der Waals surface area contributed by atoms with Gasteiger partial charge in [0, 0.05) is 12.1 Å². The fourth-order valence-corrected chi connectivity index (χ4v) is 5.37. The highest BCUT2D eigenvalue weighted by Gasteiger charge is 2.23. The van der Waals surface area contributed by atoms with Gasteiger partial charge in [0.25, 0.3) is 5.91 Å². The number of ether oxygens (including phenoxy) is 1. The molecule has 2 saturated carbocycles. The fraction of sp³-hybridized carbons (Fsp3) is 0.667. The summed E-state index contributed by atoms with van der Waals surface area (Å²) in [6.07, 6.45) is 12.1. The first-order chi connectivity index (χ1) is 13.5. The lowest BCUT2D eigenvalue weighted by molar-refractivity contribution is -0.123. The van der Waals surface area contributed by atoms with Crippen molar-refractivity contribution in [2.75, 3.05) is 6.61 Å². The Morgan fingerprint density at radius 2 is 1.39 bits per heavy atom. The number of sulfonamides is 1. The Bertz CT molecular complexity index is 719. The zero-order chi connectivity index (χ0) is 19.8. The van der Waals surface area contributed by atoms with Crippen molar-refractivity contribution in [2.45, 2.75) is 87.6 Å². The van der Waals surface area contributed by atoms with E-state index in [0.29, 0.717) is 5.75 Å². The summed E-state index contributed by atoms with van der Waals surface area (Å²) in [5, 5.41) is 3.06. The van der Waals surface area contributed by atoms with Crippen LogP contribution < -0.4 is 14.8 Å². The topological polar surface area (TPSA) is 84.5 Å². The van der Waals surface area contributed by atoms with E-state index in [9.17, 15) is 13.2 Å². The zero-order valence-electron chi connectivity index (χ0n) is 16.5. The Kier molecular flexibility index (Phi) is 7.73. The summed E-state index contributed by atoms with van der Waals surface area (Å²) < 4.78 is 33.1. The molecule has 0 atom stereocenters. The second kappa shape index (κ2) is 10.3. The monoisotopic (exact) mass is 408 g/mol. The van der Waals surface area contributed by atoms with Gasteiger partial charge in [-0.1, -0.05) is 44.9 Å². The van der Waals surface area contributed by atoms with Crippen molar-refractivity contribution in [2.24, 2.45) is 0 Å². The van der Waals surface area contributed by atoms with Gasteiger partial charge in [-0.05, 0) is 49.9 Å². The molecular weight excluding hydrogens is 376 g/mol. The molecule has 2 aliphatic rings. The molecule has 2 fully saturated rings. The van der Waals surface area contributed by atoms with Gasteiger partial charge in [-0.3, -0.25) is 4.79 Å². The van der Waals surface area contributed by atoms with Crippen LogP contribution >= 0.6 is 0 Å². The smallest absolute Gasteiger partial charge is 0.258 e. The quantitative estimate of drug-likeness (QED) is 0.723. The number of hydrogen-bond donors (Lipinski definition) is 2. The van der Waals surface area contributed by atoms with Crippen LogP contribution in [0.2, 0.25) is 0 Å². The number of nitrogens with one attached hydrogen (secondary N) is 2. The number of amides is 1. The molecule has 1 aromatic carbocycles. The number of carbonyl (C=O) groups excluding carboxylic acids is 1. The van der Waals surface area contributed by atoms with Crippen LogP contribution in [0.5, 0.6) is 5.75 Å². The molecule has 1 amide bonds. The zero-order valence-corrected chi connectivity index (χ0v) is 17.3. The SMILES string of the molecule is O=C(COc1ccc(S(=O)(=O)NC2CCCC2)cc1)NC1CCCCCCC1. The highest BCUT2D eigenvalue weighted by molar-refractivity contribution is 7.89. The Morgan fingerprint density at radius 1 is 0.857 bits per heavy atom. The van der Waals surface area contributed by atoms with Gasteiger partial charge in [0.1, 0.15) is 5.75 Å². The number of benzene rings is 1. The van der Waals surface area contributed by atoms with E-state index in [2.05, 4.69) is 10.0 Å². The van der Waals surface area contributed by atoms with E-state index in [1.807, 2.05) is 0 Å². The molecule has 0 aromatic heterocycles. The van der Waals surface area contributed by atoms with E-state index in [0.717, 1.165) is 51.4 Å². The molecule has 1 aromatic rings. The van der Waals surface area contributed by atoms with Crippen LogP contribution in [-0.4, -0.2) is 33.0 Å². The average molecular weight is 409 g/mol. The fourth-order valence-electron chi connectivity index (χ4n) is 4.06. The Labute approximate surface area is 168 Å². The highest BCUT2D eigenvalue weighted by Crippen LogP contribution is 2.22. The molecule has 156 valence electrons. The van der Waals surface area contributed by atoms with Gasteiger partial charge in [-0.15, -0.1) is 0 Å². The Morgan fingerprint density at radius 3 is 2.04 bits per heavy atom. The van der Waals surface area contributed by atoms with E-state index < -0.39 is 10.0 Å². The molecule has 0 aliphatic heterocycles. The lowest BCUT2D eigenvalue weighted by Crippen LogP contribution is -2.38. The van der Waals surface area contributed by atoms with Gasteiger partial charge in [-0.25, -0.2) is 13.1 Å². The summed E-state index contributed by atoms with van der Waals surface area (Å²) in [5.41, 5.74) is 0. The first-order valence-corrected chi connectivity index (χ1v) is 12.1. The lowest BCUT2D eigenvalue weighted by Gasteiger charge is -2.21. The van der Waals surface area contributed by atoms with E-state index >= 15 is 0 Å². The van der Waals surface area contributed by atoms with Crippen molar-refractivity contribution >= 4 is 15.9 Å². The number of hydrogen-bond acceptors (Lipinski definition) is 4. The van der Waals surface area contributed by atoms with E-state index in [1.54, 1.807) is 12.1 Å². The molecule has 7 heteroatoms. The van der Waals surface area contributed by atoms with Crippen LogP contribution in [0.25, 0.3) is 0 Å². The molecule has 2 aliphatic carbocycles. The summed E-state index contributed by atoms with van der Waals surface area (Å²) in [6, 6.07) is 6.54. The van der Waals surface area contributed by atoms with Gasteiger partial charge in [-0.2, -0.15) is 0 Å². The first kappa shape index (κ1) is 21.1. The summed E-state index contributed by atoms with van der Waals surface area (Å²) in [4.78, 5) is 12.4. The van der Waals surface area contributed by atoms with Crippen molar-refractivity contribution in [3.05, 3.63) is 24.3 Å². The maximum atomic E-state index is 12.4. The molecule has 0 saturated heterocycles.